The first-order valence-electron chi connectivity index (χ1n) is 7.10. The minimum absolute atomic E-state index is 0.00685. The maximum absolute atomic E-state index is 5.91. The Morgan fingerprint density at radius 1 is 1.33 bits per heavy atom. The molecular formula is C16H20N4O. The molecule has 3 aromatic rings. The lowest BCUT2D eigenvalue weighted by Crippen LogP contribution is -2.28. The van der Waals surface area contributed by atoms with E-state index in [0.29, 0.717) is 0 Å². The van der Waals surface area contributed by atoms with Crippen molar-refractivity contribution in [2.24, 2.45) is 12.9 Å². The van der Waals surface area contributed by atoms with Gasteiger partial charge in [0.25, 0.3) is 0 Å². The third-order valence-electron chi connectivity index (χ3n) is 3.85. The summed E-state index contributed by atoms with van der Waals surface area (Å²) in [5, 5.41) is 5.30. The van der Waals surface area contributed by atoms with Gasteiger partial charge in [0, 0.05) is 24.3 Å². The molecule has 21 heavy (non-hydrogen) atoms. The molecule has 1 unspecified atom stereocenters. The summed E-state index contributed by atoms with van der Waals surface area (Å²) in [6.07, 6.45) is 3.56. The third-order valence-corrected chi connectivity index (χ3v) is 3.85. The third kappa shape index (κ3) is 2.84. The Balaban J connectivity index is 1.79. The van der Waals surface area contributed by atoms with Gasteiger partial charge in [0.05, 0.1) is 6.04 Å². The number of nitrogens with zero attached hydrogens (tertiary/aromatic N) is 2. The lowest BCUT2D eigenvalue weighted by Gasteiger charge is -2.13. The van der Waals surface area contributed by atoms with Gasteiger partial charge < -0.3 is 4.42 Å². The molecule has 5 heteroatoms. The van der Waals surface area contributed by atoms with Crippen molar-refractivity contribution < 1.29 is 4.42 Å². The van der Waals surface area contributed by atoms with Crippen molar-refractivity contribution in [1.29, 1.82) is 0 Å². The van der Waals surface area contributed by atoms with Crippen LogP contribution in [-0.2, 0) is 13.5 Å². The molecule has 0 amide bonds. The predicted molar refractivity (Wildman–Crippen MR) is 82.5 cm³/mol. The highest BCUT2D eigenvalue weighted by Gasteiger charge is 2.16. The van der Waals surface area contributed by atoms with Gasteiger partial charge in [-0.2, -0.15) is 5.10 Å². The molecule has 0 bridgehead atoms. The fourth-order valence-corrected chi connectivity index (χ4v) is 2.60. The smallest absolute Gasteiger partial charge is 0.134 e. The standard InChI is InChI=1S/C16H20N4O/c1-11-3-6-15-12(9-11)10-16(21-15)14(19-17)5-4-13-7-8-18-20(13)2/h3,6-10,14,19H,4-5,17H2,1-2H3. The number of aromatic nitrogens is 2. The number of hydrogen-bond donors (Lipinski definition) is 2. The molecule has 1 aromatic carbocycles. The molecule has 0 fully saturated rings. The van der Waals surface area contributed by atoms with Gasteiger partial charge in [0.2, 0.25) is 0 Å². The van der Waals surface area contributed by atoms with Crippen LogP contribution < -0.4 is 11.3 Å². The van der Waals surface area contributed by atoms with Crippen molar-refractivity contribution in [2.75, 3.05) is 0 Å². The maximum Gasteiger partial charge on any atom is 0.134 e. The second kappa shape index (κ2) is 5.71. The minimum Gasteiger partial charge on any atom is -0.459 e. The van der Waals surface area contributed by atoms with Gasteiger partial charge in [-0.15, -0.1) is 0 Å². The lowest BCUT2D eigenvalue weighted by molar-refractivity contribution is 0.414. The van der Waals surface area contributed by atoms with E-state index in [1.165, 1.54) is 11.3 Å². The fourth-order valence-electron chi connectivity index (χ4n) is 2.60. The van der Waals surface area contributed by atoms with E-state index in [-0.39, 0.29) is 6.04 Å². The number of furan rings is 1. The van der Waals surface area contributed by atoms with Crippen molar-refractivity contribution in [3.05, 3.63) is 53.5 Å². The van der Waals surface area contributed by atoms with Gasteiger partial charge in [0.1, 0.15) is 11.3 Å². The summed E-state index contributed by atoms with van der Waals surface area (Å²) in [7, 11) is 1.95. The van der Waals surface area contributed by atoms with Crippen LogP contribution >= 0.6 is 0 Å². The van der Waals surface area contributed by atoms with E-state index in [1.807, 2.05) is 30.1 Å². The molecule has 0 aliphatic carbocycles. The highest BCUT2D eigenvalue weighted by Crippen LogP contribution is 2.27. The van der Waals surface area contributed by atoms with Gasteiger partial charge >= 0.3 is 0 Å². The molecule has 1 atom stereocenters. The Morgan fingerprint density at radius 3 is 2.90 bits per heavy atom. The van der Waals surface area contributed by atoms with Crippen LogP contribution in [0.4, 0.5) is 0 Å². The molecule has 0 radical (unpaired) electrons. The van der Waals surface area contributed by atoms with Crippen LogP contribution in [-0.4, -0.2) is 9.78 Å². The first-order valence-corrected chi connectivity index (χ1v) is 7.10. The molecule has 2 heterocycles. The first kappa shape index (κ1) is 13.9. The number of hydrazine groups is 1. The molecule has 0 aliphatic rings. The summed E-state index contributed by atoms with van der Waals surface area (Å²) in [5.41, 5.74) is 6.16. The number of nitrogens with one attached hydrogen (secondary N) is 1. The minimum atomic E-state index is -0.00685. The molecule has 5 nitrogen and oxygen atoms in total. The van der Waals surface area contributed by atoms with Crippen LogP contribution in [0.1, 0.15) is 29.5 Å². The SMILES string of the molecule is Cc1ccc2oc(C(CCc3ccnn3C)NN)cc2c1. The number of aryl methyl sites for hydroxylation is 3. The second-order valence-corrected chi connectivity index (χ2v) is 5.39. The summed E-state index contributed by atoms with van der Waals surface area (Å²) in [6, 6.07) is 10.3. The average molecular weight is 284 g/mol. The molecular weight excluding hydrogens is 264 g/mol. The molecule has 0 aliphatic heterocycles. The van der Waals surface area contributed by atoms with E-state index in [0.717, 1.165) is 29.6 Å². The Kier molecular flexibility index (Phi) is 3.77. The zero-order valence-electron chi connectivity index (χ0n) is 12.3. The zero-order chi connectivity index (χ0) is 14.8. The van der Waals surface area contributed by atoms with E-state index >= 15 is 0 Å². The van der Waals surface area contributed by atoms with E-state index in [4.69, 9.17) is 10.3 Å². The largest absolute Gasteiger partial charge is 0.459 e. The predicted octanol–water partition coefficient (Wildman–Crippen LogP) is 2.61. The van der Waals surface area contributed by atoms with E-state index in [2.05, 4.69) is 35.6 Å². The molecule has 2 aromatic heterocycles. The molecule has 0 saturated heterocycles. The summed E-state index contributed by atoms with van der Waals surface area (Å²) in [4.78, 5) is 0. The normalized spacial score (nSPS) is 12.9. The molecule has 0 saturated carbocycles. The van der Waals surface area contributed by atoms with Crippen LogP contribution in [0.3, 0.4) is 0 Å². The Hall–Kier alpha value is -2.11. The number of nitrogens with two attached hydrogens (primary N) is 1. The first-order chi connectivity index (χ1) is 10.2. The topological polar surface area (TPSA) is 69.0 Å². The zero-order valence-corrected chi connectivity index (χ0v) is 12.3. The highest BCUT2D eigenvalue weighted by atomic mass is 16.3. The van der Waals surface area contributed by atoms with Crippen molar-refractivity contribution in [1.82, 2.24) is 15.2 Å². The number of rotatable bonds is 5. The molecule has 3 N–H and O–H groups in total. The number of hydrogen-bond acceptors (Lipinski definition) is 4. The highest BCUT2D eigenvalue weighted by molar-refractivity contribution is 5.78. The number of fused-ring (bicyclic) bond motifs is 1. The van der Waals surface area contributed by atoms with Crippen molar-refractivity contribution in [3.8, 4) is 0 Å². The molecule has 110 valence electrons. The van der Waals surface area contributed by atoms with E-state index in [9.17, 15) is 0 Å². The van der Waals surface area contributed by atoms with Crippen LogP contribution in [0, 0.1) is 6.92 Å². The second-order valence-electron chi connectivity index (χ2n) is 5.39. The summed E-state index contributed by atoms with van der Waals surface area (Å²) < 4.78 is 7.80. The van der Waals surface area contributed by atoms with Gasteiger partial charge in [-0.05, 0) is 44.0 Å². The van der Waals surface area contributed by atoms with E-state index in [1.54, 1.807) is 0 Å². The van der Waals surface area contributed by atoms with Crippen LogP contribution in [0.2, 0.25) is 0 Å². The van der Waals surface area contributed by atoms with Gasteiger partial charge in [-0.3, -0.25) is 10.5 Å². The monoisotopic (exact) mass is 284 g/mol. The molecule has 0 spiro atoms. The van der Waals surface area contributed by atoms with Crippen LogP contribution in [0.15, 0.2) is 40.9 Å². The van der Waals surface area contributed by atoms with Gasteiger partial charge in [-0.25, -0.2) is 5.43 Å². The van der Waals surface area contributed by atoms with Crippen LogP contribution in [0.25, 0.3) is 11.0 Å². The van der Waals surface area contributed by atoms with Crippen LogP contribution in [0.5, 0.6) is 0 Å². The fraction of sp³-hybridized carbons (Fsp3) is 0.312. The van der Waals surface area contributed by atoms with Crippen molar-refractivity contribution >= 4 is 11.0 Å². The Bertz CT molecular complexity index is 744. The summed E-state index contributed by atoms with van der Waals surface area (Å²) >= 11 is 0. The maximum atomic E-state index is 5.91. The van der Waals surface area contributed by atoms with Crippen molar-refractivity contribution in [2.45, 2.75) is 25.8 Å². The van der Waals surface area contributed by atoms with Crippen molar-refractivity contribution in [3.63, 3.8) is 0 Å². The quantitative estimate of drug-likeness (QED) is 0.558. The summed E-state index contributed by atoms with van der Waals surface area (Å²) in [5.74, 6) is 6.58. The lowest BCUT2D eigenvalue weighted by atomic mass is 10.1. The van der Waals surface area contributed by atoms with E-state index < -0.39 is 0 Å². The number of benzene rings is 1. The Labute approximate surface area is 123 Å². The van der Waals surface area contributed by atoms with Gasteiger partial charge in [0.15, 0.2) is 0 Å². The summed E-state index contributed by atoms with van der Waals surface area (Å²) in [6.45, 7) is 2.08. The average Bonchev–Trinajstić information content (AvgIpc) is 3.05. The van der Waals surface area contributed by atoms with Gasteiger partial charge in [-0.1, -0.05) is 11.6 Å². The molecule has 3 rings (SSSR count). The Morgan fingerprint density at radius 2 is 2.19 bits per heavy atom.